The highest BCUT2D eigenvalue weighted by Crippen LogP contribution is 2.58. The van der Waals surface area contributed by atoms with Crippen molar-refractivity contribution in [2.75, 3.05) is 0 Å². The zero-order valence-electron chi connectivity index (χ0n) is 69.1. The standard InChI is InChI=1S/C93H182N2O4/c1-9-17-25-33-41-49-57-65-73-89(74-66-58-50-42-34-26-18-10-2)81-85(82-90(94-89,75-67-59-51-43-35-27-19-11-3)76-68-60-52-44-36-28-20-12-4)93(87(96)97,88(98)99)86-83-91(77-69-61-53-45-37-29-21-13-5,78-70-62-54-46-38-30-22-14-6)95-92(84-86,79-71-63-55-47-39-31-23-15-7)80-72-64-56-48-40-32-24-16-8/h85-86,94-95H,9-84H2,1-8H3,(H,96,97)(H,98,99). The van der Waals surface area contributed by atoms with Gasteiger partial charge in [-0.25, -0.2) is 0 Å². The van der Waals surface area contributed by atoms with Gasteiger partial charge in [-0.05, 0) is 88.9 Å². The molecule has 0 aromatic heterocycles. The van der Waals surface area contributed by atoms with Crippen LogP contribution >= 0.6 is 0 Å². The van der Waals surface area contributed by atoms with Gasteiger partial charge in [0, 0.05) is 22.2 Å². The van der Waals surface area contributed by atoms with Crippen LogP contribution in [0, 0.1) is 17.3 Å². The average Bonchev–Trinajstić information content (AvgIpc) is 0.718. The van der Waals surface area contributed by atoms with Gasteiger partial charge in [-0.15, -0.1) is 0 Å². The first kappa shape index (κ1) is 93.9. The lowest BCUT2D eigenvalue weighted by Gasteiger charge is -2.60. The van der Waals surface area contributed by atoms with Gasteiger partial charge in [0.25, 0.3) is 0 Å². The maximum Gasteiger partial charge on any atom is 0.321 e. The van der Waals surface area contributed by atoms with Crippen molar-refractivity contribution in [2.24, 2.45) is 17.3 Å². The topological polar surface area (TPSA) is 98.7 Å². The number of hydrogen-bond acceptors (Lipinski definition) is 4. The fraction of sp³-hybridized carbons (Fsp3) is 0.978. The van der Waals surface area contributed by atoms with E-state index in [1.54, 1.807) is 0 Å². The van der Waals surface area contributed by atoms with Crippen molar-refractivity contribution in [1.82, 2.24) is 10.6 Å². The van der Waals surface area contributed by atoms with Crippen LogP contribution in [-0.2, 0) is 9.59 Å². The molecule has 2 rings (SSSR count). The number of nitrogens with one attached hydrogen (secondary N) is 2. The average molecular weight is 1390 g/mol. The Bertz CT molecular complexity index is 1470. The zero-order valence-corrected chi connectivity index (χ0v) is 69.1. The third-order valence-electron chi connectivity index (χ3n) is 25.7. The molecule has 0 atom stereocenters. The highest BCUT2D eigenvalue weighted by atomic mass is 16.4. The Labute approximate surface area is 621 Å². The molecule has 2 aliphatic rings. The molecule has 0 aliphatic carbocycles. The molecular formula is C93H182N2O4. The molecule has 0 aromatic carbocycles. The van der Waals surface area contributed by atoms with Crippen LogP contribution in [0.2, 0.25) is 0 Å². The summed E-state index contributed by atoms with van der Waals surface area (Å²) < 4.78 is 0. The summed E-state index contributed by atoms with van der Waals surface area (Å²) in [7, 11) is 0. The van der Waals surface area contributed by atoms with E-state index in [4.69, 9.17) is 10.6 Å². The summed E-state index contributed by atoms with van der Waals surface area (Å²) in [6.07, 6.45) is 92.9. The molecule has 2 fully saturated rings. The van der Waals surface area contributed by atoms with E-state index in [0.29, 0.717) is 25.7 Å². The minimum atomic E-state index is -1.87. The summed E-state index contributed by atoms with van der Waals surface area (Å²) in [4.78, 5) is 31.9. The Kier molecular flexibility index (Phi) is 59.8. The van der Waals surface area contributed by atoms with Crippen molar-refractivity contribution >= 4 is 11.9 Å². The van der Waals surface area contributed by atoms with Gasteiger partial charge in [0.2, 0.25) is 0 Å². The molecular weight excluding hydrogens is 1210 g/mol. The van der Waals surface area contributed by atoms with E-state index in [1.807, 2.05) is 0 Å². The quantitative estimate of drug-likeness (QED) is 0.0358. The van der Waals surface area contributed by atoms with Crippen LogP contribution in [-0.4, -0.2) is 44.3 Å². The van der Waals surface area contributed by atoms with Gasteiger partial charge in [-0.3, -0.25) is 9.59 Å². The largest absolute Gasteiger partial charge is 0.480 e. The van der Waals surface area contributed by atoms with Crippen LogP contribution in [0.25, 0.3) is 0 Å². The molecule has 0 unspecified atom stereocenters. The first-order valence-corrected chi connectivity index (χ1v) is 46.5. The van der Waals surface area contributed by atoms with Gasteiger partial charge in [0.15, 0.2) is 5.41 Å². The Morgan fingerprint density at radius 1 is 0.222 bits per heavy atom. The van der Waals surface area contributed by atoms with Gasteiger partial charge < -0.3 is 20.8 Å². The van der Waals surface area contributed by atoms with Crippen molar-refractivity contribution in [3.63, 3.8) is 0 Å². The number of carbonyl (C=O) groups is 2. The molecule has 0 aromatic rings. The Morgan fingerprint density at radius 3 is 0.444 bits per heavy atom. The number of piperidine rings is 2. The van der Waals surface area contributed by atoms with Crippen molar-refractivity contribution in [2.45, 2.75) is 566 Å². The van der Waals surface area contributed by atoms with Crippen molar-refractivity contribution in [1.29, 1.82) is 0 Å². The van der Waals surface area contributed by atoms with Crippen molar-refractivity contribution in [3.8, 4) is 0 Å². The van der Waals surface area contributed by atoms with E-state index in [0.717, 1.165) is 103 Å². The molecule has 0 bridgehead atoms. The van der Waals surface area contributed by atoms with Gasteiger partial charge in [-0.1, -0.05) is 466 Å². The number of carboxylic acids is 2. The SMILES string of the molecule is CCCCCCCCCCC1(CCCCCCCCCC)CC(C(C(=O)O)(C(=O)O)C2CC(CCCCCCCCCC)(CCCCCCCCCC)NC(CCCCCCCCCC)(CCCCCCCCCC)C2)CC(CCCCCCCCCC)(CCCCCCCCCC)N1. The number of hydrogen-bond donors (Lipinski definition) is 4. The number of rotatable bonds is 76. The van der Waals surface area contributed by atoms with Crippen LogP contribution in [0.4, 0.5) is 0 Å². The van der Waals surface area contributed by atoms with Crippen LogP contribution in [0.1, 0.15) is 543 Å². The maximum atomic E-state index is 15.9. The molecule has 2 saturated heterocycles. The fourth-order valence-electron chi connectivity index (χ4n) is 19.7. The zero-order chi connectivity index (χ0) is 72.0. The highest BCUT2D eigenvalue weighted by molar-refractivity contribution is 5.99. The van der Waals surface area contributed by atoms with Crippen molar-refractivity contribution in [3.05, 3.63) is 0 Å². The fourth-order valence-corrected chi connectivity index (χ4v) is 19.7. The summed E-state index contributed by atoms with van der Waals surface area (Å²) in [5.41, 5.74) is -3.01. The molecule has 0 saturated carbocycles. The van der Waals surface area contributed by atoms with E-state index in [9.17, 15) is 10.2 Å². The van der Waals surface area contributed by atoms with Gasteiger partial charge in [-0.2, -0.15) is 0 Å². The second-order valence-corrected chi connectivity index (χ2v) is 34.9. The molecule has 0 amide bonds. The van der Waals surface area contributed by atoms with E-state index >= 15 is 9.59 Å². The molecule has 2 aliphatic heterocycles. The smallest absolute Gasteiger partial charge is 0.321 e. The molecule has 588 valence electrons. The molecule has 0 spiro atoms. The molecule has 6 heteroatoms. The highest BCUT2D eigenvalue weighted by Gasteiger charge is 2.66. The number of aliphatic carboxylic acids is 2. The molecule has 6 nitrogen and oxygen atoms in total. The molecule has 0 radical (unpaired) electrons. The summed E-state index contributed by atoms with van der Waals surface area (Å²) in [5.74, 6) is -2.82. The summed E-state index contributed by atoms with van der Waals surface area (Å²) in [6, 6.07) is 0. The van der Waals surface area contributed by atoms with Gasteiger partial charge >= 0.3 is 11.9 Å². The number of unbranched alkanes of at least 4 members (excludes halogenated alkanes) is 56. The lowest BCUT2D eigenvalue weighted by molar-refractivity contribution is -0.184. The van der Waals surface area contributed by atoms with Crippen molar-refractivity contribution < 1.29 is 19.8 Å². The predicted molar refractivity (Wildman–Crippen MR) is 438 cm³/mol. The third kappa shape index (κ3) is 42.7. The predicted octanol–water partition coefficient (Wildman–Crippen LogP) is 31.3. The summed E-state index contributed by atoms with van der Waals surface area (Å²) in [5, 5.41) is 35.7. The van der Waals surface area contributed by atoms with Crippen LogP contribution < -0.4 is 10.6 Å². The van der Waals surface area contributed by atoms with Gasteiger partial charge in [0.05, 0.1) is 0 Å². The maximum absolute atomic E-state index is 15.9. The third-order valence-corrected chi connectivity index (χ3v) is 25.7. The second-order valence-electron chi connectivity index (χ2n) is 34.9. The van der Waals surface area contributed by atoms with E-state index < -0.39 is 29.2 Å². The molecule has 99 heavy (non-hydrogen) atoms. The number of carboxylic acid groups (broad SMARTS) is 2. The Morgan fingerprint density at radius 2 is 0.333 bits per heavy atom. The molecule has 2 heterocycles. The monoisotopic (exact) mass is 1390 g/mol. The van der Waals surface area contributed by atoms with E-state index in [-0.39, 0.29) is 22.2 Å². The van der Waals surface area contributed by atoms with E-state index in [1.165, 1.54) is 360 Å². The Balaban J connectivity index is 3.14. The van der Waals surface area contributed by atoms with Crippen LogP contribution in [0.15, 0.2) is 0 Å². The second kappa shape index (κ2) is 63.0. The normalized spacial score (nSPS) is 16.3. The lowest BCUT2D eigenvalue weighted by atomic mass is 9.51. The minimum Gasteiger partial charge on any atom is -0.480 e. The first-order valence-electron chi connectivity index (χ1n) is 46.5. The molecule has 4 N–H and O–H groups in total. The minimum absolute atomic E-state index is 0.284. The lowest BCUT2D eigenvalue weighted by Crippen LogP contribution is -2.70. The van der Waals surface area contributed by atoms with Gasteiger partial charge in [0.1, 0.15) is 0 Å². The van der Waals surface area contributed by atoms with E-state index in [2.05, 4.69) is 55.4 Å². The Hall–Kier alpha value is -1.14. The summed E-state index contributed by atoms with van der Waals surface area (Å²) in [6.45, 7) is 18.6. The summed E-state index contributed by atoms with van der Waals surface area (Å²) >= 11 is 0. The van der Waals surface area contributed by atoms with Crippen LogP contribution in [0.5, 0.6) is 0 Å². The first-order chi connectivity index (χ1) is 48.4. The van der Waals surface area contributed by atoms with Crippen LogP contribution in [0.3, 0.4) is 0 Å².